The van der Waals surface area contributed by atoms with Gasteiger partial charge in [0.1, 0.15) is 5.60 Å². The van der Waals surface area contributed by atoms with E-state index < -0.39 is 5.60 Å². The first kappa shape index (κ1) is 18.4. The second-order valence-corrected chi connectivity index (χ2v) is 6.00. The third-order valence-electron chi connectivity index (χ3n) is 3.31. The van der Waals surface area contributed by atoms with Crippen molar-refractivity contribution in [2.75, 3.05) is 18.5 Å². The Kier molecular flexibility index (Phi) is 6.81. The lowest BCUT2D eigenvalue weighted by molar-refractivity contribution is -0.140. The molecule has 0 aliphatic heterocycles. The molecule has 0 aliphatic rings. The summed E-state index contributed by atoms with van der Waals surface area (Å²) >= 11 is 0. The van der Waals surface area contributed by atoms with Crippen LogP contribution < -0.4 is 10.1 Å². The molecule has 0 unspecified atom stereocenters. The molecule has 0 radical (unpaired) electrons. The highest BCUT2D eigenvalue weighted by Gasteiger charge is 2.34. The zero-order valence-electron chi connectivity index (χ0n) is 14.5. The first-order valence-electron chi connectivity index (χ1n) is 7.87. The molecule has 0 aliphatic carbocycles. The fourth-order valence-electron chi connectivity index (χ4n) is 2.50. The average molecular weight is 308 g/mol. The van der Waals surface area contributed by atoms with Crippen LogP contribution in [0.4, 0.5) is 5.69 Å². The molecule has 1 atom stereocenters. The Morgan fingerprint density at radius 3 is 2.55 bits per heavy atom. The molecule has 1 rings (SSSR count). The van der Waals surface area contributed by atoms with Gasteiger partial charge in [-0.25, -0.2) is 4.98 Å². The van der Waals surface area contributed by atoms with Gasteiger partial charge in [-0.15, -0.1) is 0 Å². The first-order chi connectivity index (χ1) is 10.3. The topological polar surface area (TPSA) is 60.5 Å². The van der Waals surface area contributed by atoms with E-state index >= 15 is 0 Å². The first-order valence-corrected chi connectivity index (χ1v) is 7.87. The van der Waals surface area contributed by atoms with Gasteiger partial charge in [0.15, 0.2) is 0 Å². The molecule has 124 valence electrons. The minimum atomic E-state index is -0.838. The van der Waals surface area contributed by atoms with Crippen molar-refractivity contribution >= 4 is 11.6 Å². The van der Waals surface area contributed by atoms with Crippen LogP contribution in [-0.4, -0.2) is 29.7 Å². The van der Waals surface area contributed by atoms with Gasteiger partial charge in [0, 0.05) is 12.2 Å². The van der Waals surface area contributed by atoms with Crippen LogP contribution >= 0.6 is 0 Å². The lowest BCUT2D eigenvalue weighted by Gasteiger charge is -2.29. The van der Waals surface area contributed by atoms with Crippen molar-refractivity contribution in [3.63, 3.8) is 0 Å². The maximum absolute atomic E-state index is 12.6. The summed E-state index contributed by atoms with van der Waals surface area (Å²) in [5, 5.41) is 2.90. The highest BCUT2D eigenvalue weighted by molar-refractivity contribution is 5.97. The Balaban J connectivity index is 2.87. The second-order valence-electron chi connectivity index (χ2n) is 6.00. The van der Waals surface area contributed by atoms with E-state index in [9.17, 15) is 4.79 Å². The fourth-order valence-corrected chi connectivity index (χ4v) is 2.50. The standard InChI is InChI=1S/C17H28N2O3/c1-7-21-15-13(5)9-14(11-18-15)19-16(20)17(6,22-8-2)10-12(3)4/h9,11-12H,7-8,10H2,1-6H3,(H,19,20)/t17-/m0/s1. The van der Waals surface area contributed by atoms with E-state index in [0.717, 1.165) is 5.56 Å². The van der Waals surface area contributed by atoms with Crippen LogP contribution in [0.2, 0.25) is 0 Å². The van der Waals surface area contributed by atoms with Gasteiger partial charge in [-0.2, -0.15) is 0 Å². The molecule has 1 N–H and O–H groups in total. The lowest BCUT2D eigenvalue weighted by atomic mass is 9.93. The van der Waals surface area contributed by atoms with Crippen molar-refractivity contribution in [1.82, 2.24) is 4.98 Å². The third-order valence-corrected chi connectivity index (χ3v) is 3.31. The van der Waals surface area contributed by atoms with Gasteiger partial charge in [-0.1, -0.05) is 13.8 Å². The minimum Gasteiger partial charge on any atom is -0.478 e. The molecule has 0 saturated heterocycles. The van der Waals surface area contributed by atoms with Gasteiger partial charge >= 0.3 is 0 Å². The van der Waals surface area contributed by atoms with E-state index in [0.29, 0.717) is 37.1 Å². The van der Waals surface area contributed by atoms with Crippen LogP contribution in [0.25, 0.3) is 0 Å². The Bertz CT molecular complexity index is 503. The Hall–Kier alpha value is -1.62. The fraction of sp³-hybridized carbons (Fsp3) is 0.647. The highest BCUT2D eigenvalue weighted by Crippen LogP contribution is 2.24. The van der Waals surface area contributed by atoms with Gasteiger partial charge in [-0.3, -0.25) is 4.79 Å². The number of aryl methyl sites for hydroxylation is 1. The van der Waals surface area contributed by atoms with Crippen molar-refractivity contribution in [3.05, 3.63) is 17.8 Å². The maximum atomic E-state index is 12.6. The number of rotatable bonds is 8. The van der Waals surface area contributed by atoms with E-state index in [2.05, 4.69) is 24.1 Å². The van der Waals surface area contributed by atoms with E-state index in [4.69, 9.17) is 9.47 Å². The molecule has 1 amide bonds. The summed E-state index contributed by atoms with van der Waals surface area (Å²) in [5.74, 6) is 0.811. The van der Waals surface area contributed by atoms with Crippen LogP contribution in [-0.2, 0) is 9.53 Å². The van der Waals surface area contributed by atoms with Crippen LogP contribution in [0.1, 0.15) is 46.6 Å². The zero-order chi connectivity index (χ0) is 16.8. The highest BCUT2D eigenvalue weighted by atomic mass is 16.5. The average Bonchev–Trinajstić information content (AvgIpc) is 2.41. The Morgan fingerprint density at radius 1 is 1.36 bits per heavy atom. The van der Waals surface area contributed by atoms with Crippen molar-refractivity contribution < 1.29 is 14.3 Å². The molecule has 0 fully saturated rings. The maximum Gasteiger partial charge on any atom is 0.256 e. The number of nitrogens with one attached hydrogen (secondary N) is 1. The zero-order valence-corrected chi connectivity index (χ0v) is 14.5. The van der Waals surface area contributed by atoms with Gasteiger partial charge in [-0.05, 0) is 46.1 Å². The number of hydrogen-bond acceptors (Lipinski definition) is 4. The molecule has 0 aromatic carbocycles. The quantitative estimate of drug-likeness (QED) is 0.797. The van der Waals surface area contributed by atoms with Gasteiger partial charge in [0.2, 0.25) is 5.88 Å². The monoisotopic (exact) mass is 308 g/mol. The van der Waals surface area contributed by atoms with Gasteiger partial charge < -0.3 is 14.8 Å². The van der Waals surface area contributed by atoms with Crippen LogP contribution in [0.15, 0.2) is 12.3 Å². The van der Waals surface area contributed by atoms with Crippen LogP contribution in [0, 0.1) is 12.8 Å². The lowest BCUT2D eigenvalue weighted by Crippen LogP contribution is -2.44. The second kappa shape index (κ2) is 8.13. The van der Waals surface area contributed by atoms with E-state index in [-0.39, 0.29) is 5.91 Å². The van der Waals surface area contributed by atoms with Gasteiger partial charge in [0.25, 0.3) is 5.91 Å². The molecular formula is C17H28N2O3. The molecule has 0 saturated carbocycles. The SMILES string of the molecule is CCOc1ncc(NC(=O)[C@](C)(CC(C)C)OCC)cc1C. The number of anilines is 1. The summed E-state index contributed by atoms with van der Waals surface area (Å²) in [7, 11) is 0. The molecule has 0 spiro atoms. The predicted molar refractivity (Wildman–Crippen MR) is 88.3 cm³/mol. The van der Waals surface area contributed by atoms with Gasteiger partial charge in [0.05, 0.1) is 18.5 Å². The molecule has 5 nitrogen and oxygen atoms in total. The molecule has 5 heteroatoms. The minimum absolute atomic E-state index is 0.145. The third kappa shape index (κ3) is 4.98. The molecule has 1 aromatic heterocycles. The van der Waals surface area contributed by atoms with Crippen molar-refractivity contribution in [2.45, 2.75) is 53.6 Å². The molecule has 22 heavy (non-hydrogen) atoms. The Labute approximate surface area is 133 Å². The number of nitrogens with zero attached hydrogens (tertiary/aromatic N) is 1. The van der Waals surface area contributed by atoms with E-state index in [1.54, 1.807) is 6.20 Å². The van der Waals surface area contributed by atoms with Crippen LogP contribution in [0.5, 0.6) is 5.88 Å². The number of aromatic nitrogens is 1. The van der Waals surface area contributed by atoms with Crippen molar-refractivity contribution in [2.24, 2.45) is 5.92 Å². The number of pyridine rings is 1. The van der Waals surface area contributed by atoms with E-state index in [1.165, 1.54) is 0 Å². The molecule has 1 aromatic rings. The normalized spacial score (nSPS) is 13.8. The van der Waals surface area contributed by atoms with Crippen molar-refractivity contribution in [3.8, 4) is 5.88 Å². The van der Waals surface area contributed by atoms with Crippen LogP contribution in [0.3, 0.4) is 0 Å². The summed E-state index contributed by atoms with van der Waals surface area (Å²) in [4.78, 5) is 16.8. The summed E-state index contributed by atoms with van der Waals surface area (Å²) in [6.07, 6.45) is 2.27. The number of hydrogen-bond donors (Lipinski definition) is 1. The molecule has 0 bridgehead atoms. The summed E-state index contributed by atoms with van der Waals surface area (Å²) in [6.45, 7) is 12.8. The molecular weight excluding hydrogens is 280 g/mol. The summed E-state index contributed by atoms with van der Waals surface area (Å²) < 4.78 is 11.1. The number of carbonyl (C=O) groups excluding carboxylic acids is 1. The van der Waals surface area contributed by atoms with E-state index in [1.807, 2.05) is 33.8 Å². The predicted octanol–water partition coefficient (Wildman–Crippen LogP) is 3.57. The summed E-state index contributed by atoms with van der Waals surface area (Å²) in [5.41, 5.74) is 0.706. The smallest absolute Gasteiger partial charge is 0.256 e. The largest absolute Gasteiger partial charge is 0.478 e. The molecule has 1 heterocycles. The Morgan fingerprint density at radius 2 is 2.05 bits per heavy atom. The number of carbonyl (C=O) groups is 1. The number of ether oxygens (including phenoxy) is 2. The van der Waals surface area contributed by atoms with Crippen molar-refractivity contribution in [1.29, 1.82) is 0 Å². The summed E-state index contributed by atoms with van der Waals surface area (Å²) in [6, 6.07) is 1.86. The number of amides is 1.